The Labute approximate surface area is 219 Å². The van der Waals surface area contributed by atoms with Crippen LogP contribution in [0.15, 0.2) is 84.9 Å². The van der Waals surface area contributed by atoms with Gasteiger partial charge in [-0.3, -0.25) is 4.79 Å². The summed E-state index contributed by atoms with van der Waals surface area (Å²) in [7, 11) is 0. The van der Waals surface area contributed by atoms with Crippen molar-refractivity contribution in [3.05, 3.63) is 102 Å². The number of carbonyl (C=O) groups excluding carboxylic acids is 2. The van der Waals surface area contributed by atoms with E-state index in [4.69, 9.17) is 9.47 Å². The first-order chi connectivity index (χ1) is 18.2. The van der Waals surface area contributed by atoms with Crippen LogP contribution in [0.1, 0.15) is 54.7 Å². The van der Waals surface area contributed by atoms with Crippen molar-refractivity contribution >= 4 is 12.0 Å². The summed E-state index contributed by atoms with van der Waals surface area (Å²) in [5.74, 6) is 1.17. The molecule has 0 aromatic heterocycles. The number of carbonyl (C=O) groups is 2. The van der Waals surface area contributed by atoms with Gasteiger partial charge in [-0.1, -0.05) is 92.1 Å². The first-order valence-corrected chi connectivity index (χ1v) is 13.2. The molecule has 1 aliphatic rings. The van der Waals surface area contributed by atoms with Crippen LogP contribution in [-0.4, -0.2) is 31.2 Å². The highest BCUT2D eigenvalue weighted by Gasteiger charge is 2.22. The molecule has 3 aromatic rings. The van der Waals surface area contributed by atoms with Crippen molar-refractivity contribution in [1.82, 2.24) is 10.6 Å². The first kappa shape index (κ1) is 26.3. The lowest BCUT2D eigenvalue weighted by Gasteiger charge is -2.22. The molecule has 1 fully saturated rings. The molecule has 37 heavy (non-hydrogen) atoms. The maximum Gasteiger partial charge on any atom is 0.408 e. The molecule has 2 N–H and O–H groups in total. The topological polar surface area (TPSA) is 76.7 Å². The lowest BCUT2D eigenvalue weighted by Crippen LogP contribution is -2.48. The van der Waals surface area contributed by atoms with E-state index in [0.29, 0.717) is 25.5 Å². The largest absolute Gasteiger partial charge is 0.492 e. The molecule has 4 rings (SSSR count). The smallest absolute Gasteiger partial charge is 0.408 e. The van der Waals surface area contributed by atoms with Gasteiger partial charge in [-0.05, 0) is 47.6 Å². The number of alkyl carbamates (subject to hydrolysis) is 1. The molecule has 6 heteroatoms. The number of amides is 2. The number of hydrogen-bond donors (Lipinski definition) is 2. The van der Waals surface area contributed by atoms with Crippen molar-refractivity contribution < 1.29 is 19.1 Å². The first-order valence-electron chi connectivity index (χ1n) is 13.2. The predicted molar refractivity (Wildman–Crippen MR) is 144 cm³/mol. The van der Waals surface area contributed by atoms with Crippen LogP contribution in [0.4, 0.5) is 4.79 Å². The predicted octanol–water partition coefficient (Wildman–Crippen LogP) is 5.77. The Morgan fingerprint density at radius 2 is 1.46 bits per heavy atom. The van der Waals surface area contributed by atoms with Crippen molar-refractivity contribution in [2.75, 3.05) is 13.2 Å². The third-order valence-electron chi connectivity index (χ3n) is 6.73. The minimum Gasteiger partial charge on any atom is -0.492 e. The van der Waals surface area contributed by atoms with Gasteiger partial charge in [0.05, 0.1) is 6.54 Å². The Kier molecular flexibility index (Phi) is 9.99. The van der Waals surface area contributed by atoms with Crippen LogP contribution >= 0.6 is 0 Å². The number of hydrogen-bond acceptors (Lipinski definition) is 4. The molecule has 6 nitrogen and oxygen atoms in total. The van der Waals surface area contributed by atoms with Gasteiger partial charge in [-0.2, -0.15) is 0 Å². The van der Waals surface area contributed by atoms with Gasteiger partial charge in [0.25, 0.3) is 0 Å². The summed E-state index contributed by atoms with van der Waals surface area (Å²) >= 11 is 0. The molecule has 1 saturated carbocycles. The molecular weight excluding hydrogens is 464 g/mol. The van der Waals surface area contributed by atoms with Gasteiger partial charge in [0.1, 0.15) is 25.0 Å². The Morgan fingerprint density at radius 3 is 2.14 bits per heavy atom. The van der Waals surface area contributed by atoms with E-state index >= 15 is 0 Å². The second-order valence-electron chi connectivity index (χ2n) is 9.49. The van der Waals surface area contributed by atoms with Crippen molar-refractivity contribution in [3.8, 4) is 5.75 Å². The SMILES string of the molecule is O=C(N[C@H](Cc1ccccc1)C(=O)NCCOc1ccc(C2CCCCC2)cc1)OCc1ccccc1. The molecule has 1 aliphatic carbocycles. The number of ether oxygens (including phenoxy) is 2. The standard InChI is InChI=1S/C31H36N2O4/c34-30(32-20-21-36-28-18-16-27(17-19-28)26-14-8-3-9-15-26)29(22-24-10-4-1-5-11-24)33-31(35)37-23-25-12-6-2-7-13-25/h1-2,4-7,10-13,16-19,26,29H,3,8-9,14-15,20-23H2,(H,32,34)(H,33,35)/t29-/m1/s1. The Hall–Kier alpha value is -3.80. The zero-order chi connectivity index (χ0) is 25.7. The molecule has 0 radical (unpaired) electrons. The highest BCUT2D eigenvalue weighted by Crippen LogP contribution is 2.33. The molecule has 3 aromatic carbocycles. The van der Waals surface area contributed by atoms with Gasteiger partial charge in [0.2, 0.25) is 5.91 Å². The Morgan fingerprint density at radius 1 is 0.811 bits per heavy atom. The van der Waals surface area contributed by atoms with E-state index in [1.54, 1.807) is 0 Å². The maximum absolute atomic E-state index is 13.0. The maximum atomic E-state index is 13.0. The molecule has 0 bridgehead atoms. The second kappa shape index (κ2) is 14.1. The van der Waals surface area contributed by atoms with Gasteiger partial charge in [-0.15, -0.1) is 0 Å². The molecule has 2 amide bonds. The molecule has 0 aliphatic heterocycles. The highest BCUT2D eigenvalue weighted by atomic mass is 16.5. The summed E-state index contributed by atoms with van der Waals surface area (Å²) < 4.78 is 11.2. The highest BCUT2D eigenvalue weighted by molar-refractivity contribution is 5.85. The summed E-state index contributed by atoms with van der Waals surface area (Å²) in [4.78, 5) is 25.4. The number of rotatable bonds is 11. The lowest BCUT2D eigenvalue weighted by molar-refractivity contribution is -0.123. The van der Waals surface area contributed by atoms with Gasteiger partial charge < -0.3 is 20.1 Å². The fourth-order valence-electron chi connectivity index (χ4n) is 4.70. The van der Waals surface area contributed by atoms with Crippen LogP contribution in [0.5, 0.6) is 5.75 Å². The average Bonchev–Trinajstić information content (AvgIpc) is 2.96. The van der Waals surface area contributed by atoms with Crippen molar-refractivity contribution in [1.29, 1.82) is 0 Å². The minimum atomic E-state index is -0.763. The summed E-state index contributed by atoms with van der Waals surface area (Å²) in [6.45, 7) is 0.806. The quantitative estimate of drug-likeness (QED) is 0.328. The fraction of sp³-hybridized carbons (Fsp3) is 0.355. The minimum absolute atomic E-state index is 0.139. The summed E-state index contributed by atoms with van der Waals surface area (Å²) in [5.41, 5.74) is 3.21. The molecule has 0 unspecified atom stereocenters. The normalized spacial score (nSPS) is 14.4. The van der Waals surface area contributed by atoms with Crippen LogP contribution in [0.3, 0.4) is 0 Å². The van der Waals surface area contributed by atoms with Gasteiger partial charge >= 0.3 is 6.09 Å². The van der Waals surface area contributed by atoms with Crippen LogP contribution < -0.4 is 15.4 Å². The van der Waals surface area contributed by atoms with Crippen LogP contribution in [0.25, 0.3) is 0 Å². The molecule has 194 valence electrons. The van der Waals surface area contributed by atoms with Crippen LogP contribution in [-0.2, 0) is 22.6 Å². The zero-order valence-electron chi connectivity index (χ0n) is 21.2. The number of benzene rings is 3. The van der Waals surface area contributed by atoms with Crippen molar-refractivity contribution in [2.45, 2.75) is 57.1 Å². The van der Waals surface area contributed by atoms with E-state index in [9.17, 15) is 9.59 Å². The monoisotopic (exact) mass is 500 g/mol. The fourth-order valence-corrected chi connectivity index (χ4v) is 4.70. The van der Waals surface area contributed by atoms with E-state index in [0.717, 1.165) is 16.9 Å². The summed E-state index contributed by atoms with van der Waals surface area (Å²) in [6, 6.07) is 26.6. The zero-order valence-corrected chi connectivity index (χ0v) is 21.2. The van der Waals surface area contributed by atoms with E-state index in [1.807, 2.05) is 72.8 Å². The van der Waals surface area contributed by atoms with Crippen molar-refractivity contribution in [3.63, 3.8) is 0 Å². The molecule has 0 saturated heterocycles. The molecule has 1 atom stereocenters. The lowest BCUT2D eigenvalue weighted by atomic mass is 9.84. The summed E-state index contributed by atoms with van der Waals surface area (Å²) in [6.07, 6.45) is 6.24. The Balaban J connectivity index is 1.25. The molecular formula is C31H36N2O4. The van der Waals surface area contributed by atoms with Crippen molar-refractivity contribution in [2.24, 2.45) is 0 Å². The molecule has 0 heterocycles. The number of nitrogens with one attached hydrogen (secondary N) is 2. The van der Waals surface area contributed by atoms with Gasteiger partial charge in [0.15, 0.2) is 0 Å². The second-order valence-corrected chi connectivity index (χ2v) is 9.49. The van der Waals surface area contributed by atoms with E-state index in [-0.39, 0.29) is 12.5 Å². The third kappa shape index (κ3) is 8.67. The third-order valence-corrected chi connectivity index (χ3v) is 6.73. The van der Waals surface area contributed by atoms with E-state index in [1.165, 1.54) is 37.7 Å². The van der Waals surface area contributed by atoms with E-state index in [2.05, 4.69) is 22.8 Å². The summed E-state index contributed by atoms with van der Waals surface area (Å²) in [5, 5.41) is 5.60. The van der Waals surface area contributed by atoms with Crippen LogP contribution in [0, 0.1) is 0 Å². The van der Waals surface area contributed by atoms with Crippen LogP contribution in [0.2, 0.25) is 0 Å². The van der Waals surface area contributed by atoms with Gasteiger partial charge in [-0.25, -0.2) is 4.79 Å². The average molecular weight is 501 g/mol. The Bertz CT molecular complexity index is 1100. The van der Waals surface area contributed by atoms with Gasteiger partial charge in [0, 0.05) is 6.42 Å². The molecule has 0 spiro atoms. The van der Waals surface area contributed by atoms with E-state index < -0.39 is 12.1 Å².